The highest BCUT2D eigenvalue weighted by Crippen LogP contribution is 2.42. The number of fused-ring (bicyclic) bond motifs is 3. The Balaban J connectivity index is 1.30. The predicted molar refractivity (Wildman–Crippen MR) is 185 cm³/mol. The Kier molecular flexibility index (Phi) is 5.27. The van der Waals surface area contributed by atoms with Crippen LogP contribution in [0.15, 0.2) is 180 Å². The third-order valence-electron chi connectivity index (χ3n) is 7.98. The predicted octanol–water partition coefficient (Wildman–Crippen LogP) is 12.1. The molecule has 0 unspecified atom stereocenters. The normalized spacial score (nSPS) is 12.8. The Bertz CT molecular complexity index is 2460. The maximum absolute atomic E-state index is 8.91. The number of para-hydroxylation sites is 3. The summed E-state index contributed by atoms with van der Waals surface area (Å²) in [7, 11) is 0. The lowest BCUT2D eigenvalue weighted by Gasteiger charge is -2.25. The molecule has 7 aromatic carbocycles. The second-order valence-electron chi connectivity index (χ2n) is 10.6. The van der Waals surface area contributed by atoms with Gasteiger partial charge in [-0.15, -0.1) is 0 Å². The average molecular weight is 569 g/mol. The van der Waals surface area contributed by atoms with Crippen molar-refractivity contribution in [1.29, 1.82) is 0 Å². The van der Waals surface area contributed by atoms with E-state index in [1.54, 1.807) is 4.90 Å². The van der Waals surface area contributed by atoms with E-state index < -0.39 is 18.1 Å². The monoisotopic (exact) mass is 568 g/mol. The third-order valence-corrected chi connectivity index (χ3v) is 7.98. The van der Waals surface area contributed by atoms with Gasteiger partial charge in [0.25, 0.3) is 0 Å². The lowest BCUT2D eigenvalue weighted by atomic mass is 9.91. The minimum atomic E-state index is -0.441. The molecule has 0 aliphatic heterocycles. The lowest BCUT2D eigenvalue weighted by Crippen LogP contribution is -2.10. The molecule has 2 heteroatoms. The first kappa shape index (κ1) is 20.9. The average Bonchev–Trinajstić information content (AvgIpc) is 3.55. The van der Waals surface area contributed by atoms with Crippen molar-refractivity contribution in [3.05, 3.63) is 176 Å². The van der Waals surface area contributed by atoms with Crippen LogP contribution in [0.3, 0.4) is 0 Å². The second kappa shape index (κ2) is 11.1. The highest BCUT2D eigenvalue weighted by molar-refractivity contribution is 6.10. The van der Waals surface area contributed by atoms with Crippen LogP contribution >= 0.6 is 0 Å². The molecule has 0 bridgehead atoms. The molecular weight excluding hydrogens is 534 g/mol. The zero-order valence-electron chi connectivity index (χ0n) is 28.7. The van der Waals surface area contributed by atoms with E-state index in [-0.39, 0.29) is 17.8 Å². The van der Waals surface area contributed by atoms with Crippen molar-refractivity contribution >= 4 is 39.0 Å². The summed E-state index contributed by atoms with van der Waals surface area (Å²) in [6.45, 7) is 0. The van der Waals surface area contributed by atoms with Crippen LogP contribution in [0.1, 0.15) is 6.85 Å². The van der Waals surface area contributed by atoms with Crippen molar-refractivity contribution in [2.45, 2.75) is 0 Å². The number of benzene rings is 7. The van der Waals surface area contributed by atoms with E-state index in [0.29, 0.717) is 22.5 Å². The van der Waals surface area contributed by atoms with E-state index in [1.165, 1.54) is 0 Å². The van der Waals surface area contributed by atoms with Crippen LogP contribution in [0.25, 0.3) is 55.3 Å². The molecule has 0 atom stereocenters. The second-order valence-corrected chi connectivity index (χ2v) is 10.6. The van der Waals surface area contributed by atoms with Crippen molar-refractivity contribution in [2.24, 2.45) is 0 Å². The van der Waals surface area contributed by atoms with Gasteiger partial charge in [0.1, 0.15) is 5.58 Å². The Morgan fingerprint density at radius 2 is 1.09 bits per heavy atom. The lowest BCUT2D eigenvalue weighted by molar-refractivity contribution is 0.669. The van der Waals surface area contributed by atoms with Gasteiger partial charge in [-0.2, -0.15) is 0 Å². The molecule has 0 spiro atoms. The fourth-order valence-electron chi connectivity index (χ4n) is 5.90. The number of hydrogen-bond donors (Lipinski definition) is 0. The Morgan fingerprint density at radius 3 is 1.84 bits per heavy atom. The molecule has 0 saturated heterocycles. The van der Waals surface area contributed by atoms with Crippen molar-refractivity contribution < 1.29 is 11.3 Å². The first-order valence-corrected chi connectivity index (χ1v) is 14.5. The van der Waals surface area contributed by atoms with Gasteiger partial charge in [0.15, 0.2) is 5.58 Å². The van der Waals surface area contributed by atoms with Crippen LogP contribution in [0.5, 0.6) is 0 Å². The van der Waals surface area contributed by atoms with Crippen molar-refractivity contribution in [3.63, 3.8) is 0 Å². The number of nitrogens with zero attached hydrogens (tertiary/aromatic N) is 1. The van der Waals surface area contributed by atoms with Crippen LogP contribution in [0.2, 0.25) is 0 Å². The van der Waals surface area contributed by atoms with Gasteiger partial charge < -0.3 is 9.32 Å². The standard InChI is InChI=1S/C42H29NO/c1-4-13-31(14-5-1)36-28-25-33(29-39(36)32-15-6-2-7-16-32)30-23-26-35(27-24-30)43(34-17-8-3-9-18-34)40-21-12-20-38-37-19-10-11-22-41(37)44-42(38)40/h1-29H/i3D,8D,9D,17D,18D. The van der Waals surface area contributed by atoms with Crippen molar-refractivity contribution in [2.75, 3.05) is 4.90 Å². The maximum atomic E-state index is 8.91. The van der Waals surface area contributed by atoms with Gasteiger partial charge in [-0.1, -0.05) is 133 Å². The van der Waals surface area contributed by atoms with E-state index in [2.05, 4.69) is 42.5 Å². The summed E-state index contributed by atoms with van der Waals surface area (Å²) in [5.41, 5.74) is 9.01. The molecule has 2 nitrogen and oxygen atoms in total. The molecule has 0 N–H and O–H groups in total. The van der Waals surface area contributed by atoms with E-state index in [9.17, 15) is 0 Å². The number of hydrogen-bond acceptors (Lipinski definition) is 2. The molecule has 44 heavy (non-hydrogen) atoms. The molecule has 0 radical (unpaired) electrons. The summed E-state index contributed by atoms with van der Waals surface area (Å²) in [6.07, 6.45) is 0. The summed E-state index contributed by atoms with van der Waals surface area (Å²) < 4.78 is 49.3. The summed E-state index contributed by atoms with van der Waals surface area (Å²) in [4.78, 5) is 1.71. The van der Waals surface area contributed by atoms with Crippen molar-refractivity contribution in [3.8, 4) is 33.4 Å². The molecule has 8 aromatic rings. The highest BCUT2D eigenvalue weighted by atomic mass is 16.3. The minimum absolute atomic E-state index is 0.0466. The summed E-state index contributed by atoms with van der Waals surface area (Å²) in [6, 6.07) is 46.6. The summed E-state index contributed by atoms with van der Waals surface area (Å²) in [5.74, 6) is 0. The third kappa shape index (κ3) is 4.63. The fourth-order valence-corrected chi connectivity index (χ4v) is 5.90. The van der Waals surface area contributed by atoms with Gasteiger partial charge >= 0.3 is 0 Å². The van der Waals surface area contributed by atoms with Crippen LogP contribution in [0.4, 0.5) is 17.1 Å². The van der Waals surface area contributed by atoms with Gasteiger partial charge in [0, 0.05) is 22.1 Å². The zero-order valence-corrected chi connectivity index (χ0v) is 23.7. The summed E-state index contributed by atoms with van der Waals surface area (Å²) in [5, 5.41) is 1.80. The quantitative estimate of drug-likeness (QED) is 0.198. The molecule has 0 aliphatic carbocycles. The van der Waals surface area contributed by atoms with Crippen LogP contribution in [-0.4, -0.2) is 0 Å². The van der Waals surface area contributed by atoms with E-state index in [0.717, 1.165) is 44.2 Å². The molecule has 0 aliphatic rings. The zero-order chi connectivity index (χ0) is 33.6. The first-order valence-electron chi connectivity index (χ1n) is 17.0. The Labute approximate surface area is 264 Å². The van der Waals surface area contributed by atoms with Crippen LogP contribution < -0.4 is 4.90 Å². The van der Waals surface area contributed by atoms with E-state index in [4.69, 9.17) is 11.3 Å². The topological polar surface area (TPSA) is 16.4 Å². The Morgan fingerprint density at radius 1 is 0.455 bits per heavy atom. The van der Waals surface area contributed by atoms with Crippen LogP contribution in [-0.2, 0) is 0 Å². The molecule has 0 amide bonds. The summed E-state index contributed by atoms with van der Waals surface area (Å²) >= 11 is 0. The number of anilines is 3. The molecule has 1 aromatic heterocycles. The van der Waals surface area contributed by atoms with Gasteiger partial charge in [-0.25, -0.2) is 0 Å². The highest BCUT2D eigenvalue weighted by Gasteiger charge is 2.19. The van der Waals surface area contributed by atoms with Gasteiger partial charge in [0.2, 0.25) is 0 Å². The van der Waals surface area contributed by atoms with Gasteiger partial charge in [-0.05, 0) is 75.8 Å². The van der Waals surface area contributed by atoms with Gasteiger partial charge in [-0.3, -0.25) is 0 Å². The Hall–Kier alpha value is -5.86. The first-order chi connectivity index (χ1) is 23.9. The molecule has 0 saturated carbocycles. The molecule has 208 valence electrons. The number of furan rings is 1. The molecule has 1 heterocycles. The molecule has 8 rings (SSSR count). The minimum Gasteiger partial charge on any atom is -0.454 e. The van der Waals surface area contributed by atoms with Gasteiger partial charge in [0.05, 0.1) is 12.5 Å². The smallest absolute Gasteiger partial charge is 0.159 e. The molecular formula is C42H29NO. The number of rotatable bonds is 6. The SMILES string of the molecule is [2H]c1c([2H])c([2H])c(N(c2ccc(-c3ccc(-c4ccccc4)c(-c4ccccc4)c3)cc2)c2cccc3c2oc2ccccc23)c([2H])c1[2H]. The molecule has 0 fully saturated rings. The van der Waals surface area contributed by atoms with Crippen LogP contribution in [0, 0.1) is 0 Å². The largest absolute Gasteiger partial charge is 0.454 e. The van der Waals surface area contributed by atoms with Crippen molar-refractivity contribution in [1.82, 2.24) is 0 Å². The maximum Gasteiger partial charge on any atom is 0.159 e. The van der Waals surface area contributed by atoms with E-state index in [1.807, 2.05) is 103 Å². The van der Waals surface area contributed by atoms with E-state index >= 15 is 0 Å². The fraction of sp³-hybridized carbons (Fsp3) is 0.